The summed E-state index contributed by atoms with van der Waals surface area (Å²) < 4.78 is 24.8. The summed E-state index contributed by atoms with van der Waals surface area (Å²) in [6.07, 6.45) is 4.00. The standard InChI is InChI=1S/C16H25FN2O2/c1-11-6-8-16(21-3,9-7-11)15(19-18)12-4-5-14(20-2)13(17)10-12/h4-5,10-11,15,19H,6-9,18H2,1-3H3. The summed E-state index contributed by atoms with van der Waals surface area (Å²) in [6.45, 7) is 2.25. The summed E-state index contributed by atoms with van der Waals surface area (Å²) in [7, 11) is 3.16. The fourth-order valence-corrected chi connectivity index (χ4v) is 3.28. The molecule has 1 aliphatic carbocycles. The van der Waals surface area contributed by atoms with E-state index in [1.165, 1.54) is 13.2 Å². The number of halogens is 1. The smallest absolute Gasteiger partial charge is 0.165 e. The largest absolute Gasteiger partial charge is 0.494 e. The van der Waals surface area contributed by atoms with Crippen LogP contribution < -0.4 is 16.0 Å². The van der Waals surface area contributed by atoms with Crippen molar-refractivity contribution < 1.29 is 13.9 Å². The van der Waals surface area contributed by atoms with Gasteiger partial charge in [-0.3, -0.25) is 11.3 Å². The molecule has 0 spiro atoms. The van der Waals surface area contributed by atoms with E-state index in [4.69, 9.17) is 15.3 Å². The molecule has 3 N–H and O–H groups in total. The molecular weight excluding hydrogens is 271 g/mol. The molecule has 0 bridgehead atoms. The quantitative estimate of drug-likeness (QED) is 0.648. The first-order valence-electron chi connectivity index (χ1n) is 7.41. The topological polar surface area (TPSA) is 56.5 Å². The average molecular weight is 296 g/mol. The number of hydrogen-bond acceptors (Lipinski definition) is 4. The van der Waals surface area contributed by atoms with E-state index in [0.29, 0.717) is 5.92 Å². The summed E-state index contributed by atoms with van der Waals surface area (Å²) in [5, 5.41) is 0. The van der Waals surface area contributed by atoms with E-state index in [-0.39, 0.29) is 23.2 Å². The Hall–Kier alpha value is -1.17. The molecule has 5 heteroatoms. The lowest BCUT2D eigenvalue weighted by molar-refractivity contribution is -0.0762. The molecule has 0 aliphatic heterocycles. The molecule has 0 aromatic heterocycles. The van der Waals surface area contributed by atoms with Gasteiger partial charge in [-0.2, -0.15) is 0 Å². The van der Waals surface area contributed by atoms with Gasteiger partial charge in [-0.05, 0) is 49.3 Å². The van der Waals surface area contributed by atoms with Gasteiger partial charge in [0.05, 0.1) is 18.8 Å². The Labute approximate surface area is 125 Å². The van der Waals surface area contributed by atoms with Gasteiger partial charge in [0.25, 0.3) is 0 Å². The van der Waals surface area contributed by atoms with Crippen LogP contribution >= 0.6 is 0 Å². The molecule has 118 valence electrons. The van der Waals surface area contributed by atoms with Crippen LogP contribution in [0.1, 0.15) is 44.2 Å². The molecule has 1 aliphatic rings. The molecule has 1 fully saturated rings. The van der Waals surface area contributed by atoms with Crippen molar-refractivity contribution in [2.24, 2.45) is 11.8 Å². The van der Waals surface area contributed by atoms with Gasteiger partial charge < -0.3 is 9.47 Å². The molecule has 0 heterocycles. The summed E-state index contributed by atoms with van der Waals surface area (Å²) in [6, 6.07) is 4.70. The van der Waals surface area contributed by atoms with Crippen molar-refractivity contribution in [2.75, 3.05) is 14.2 Å². The van der Waals surface area contributed by atoms with Gasteiger partial charge in [0.15, 0.2) is 11.6 Å². The summed E-state index contributed by atoms with van der Waals surface area (Å²) in [4.78, 5) is 0. The van der Waals surface area contributed by atoms with Crippen LogP contribution in [0.4, 0.5) is 4.39 Å². The van der Waals surface area contributed by atoms with Crippen molar-refractivity contribution >= 4 is 0 Å². The lowest BCUT2D eigenvalue weighted by atomic mass is 9.73. The van der Waals surface area contributed by atoms with E-state index in [0.717, 1.165) is 31.2 Å². The zero-order chi connectivity index (χ0) is 15.5. The molecule has 1 saturated carbocycles. The van der Waals surface area contributed by atoms with Gasteiger partial charge in [0, 0.05) is 7.11 Å². The molecule has 1 aromatic carbocycles. The molecule has 4 nitrogen and oxygen atoms in total. The number of hydrazine groups is 1. The minimum atomic E-state index is -0.387. The summed E-state index contributed by atoms with van der Waals surface area (Å²) in [5.74, 6) is 6.31. The Morgan fingerprint density at radius 2 is 2.00 bits per heavy atom. The summed E-state index contributed by atoms with van der Waals surface area (Å²) >= 11 is 0. The summed E-state index contributed by atoms with van der Waals surface area (Å²) in [5.41, 5.74) is 3.22. The molecule has 1 aromatic rings. The normalized spacial score (nSPS) is 27.4. The fraction of sp³-hybridized carbons (Fsp3) is 0.625. The maximum absolute atomic E-state index is 14.0. The number of ether oxygens (including phenoxy) is 2. The number of benzene rings is 1. The predicted molar refractivity (Wildman–Crippen MR) is 80.4 cm³/mol. The number of hydrogen-bond donors (Lipinski definition) is 2. The average Bonchev–Trinajstić information content (AvgIpc) is 2.50. The maximum Gasteiger partial charge on any atom is 0.165 e. The van der Waals surface area contributed by atoms with E-state index in [2.05, 4.69) is 12.3 Å². The Morgan fingerprint density at radius 3 is 2.48 bits per heavy atom. The first kappa shape index (κ1) is 16.2. The number of nitrogens with two attached hydrogens (primary N) is 1. The number of rotatable bonds is 5. The highest BCUT2D eigenvalue weighted by molar-refractivity contribution is 5.32. The molecule has 1 atom stereocenters. The van der Waals surface area contributed by atoms with Gasteiger partial charge in [-0.1, -0.05) is 13.0 Å². The van der Waals surface area contributed by atoms with Crippen molar-refractivity contribution in [3.63, 3.8) is 0 Å². The Bertz CT molecular complexity index is 473. The van der Waals surface area contributed by atoms with E-state index in [1.807, 2.05) is 6.07 Å². The van der Waals surface area contributed by atoms with Gasteiger partial charge >= 0.3 is 0 Å². The molecule has 1 unspecified atom stereocenters. The van der Waals surface area contributed by atoms with Crippen LogP contribution in [0.3, 0.4) is 0 Å². The van der Waals surface area contributed by atoms with Crippen molar-refractivity contribution in [1.29, 1.82) is 0 Å². The minimum Gasteiger partial charge on any atom is -0.494 e. The Balaban J connectivity index is 2.31. The van der Waals surface area contributed by atoms with Gasteiger partial charge in [-0.25, -0.2) is 4.39 Å². The van der Waals surface area contributed by atoms with Gasteiger partial charge in [0.2, 0.25) is 0 Å². The van der Waals surface area contributed by atoms with E-state index in [1.54, 1.807) is 13.2 Å². The molecular formula is C16H25FN2O2. The third-order valence-corrected chi connectivity index (χ3v) is 4.73. The maximum atomic E-state index is 14.0. The van der Waals surface area contributed by atoms with Crippen LogP contribution in [0.2, 0.25) is 0 Å². The highest BCUT2D eigenvalue weighted by Crippen LogP contribution is 2.43. The molecule has 0 radical (unpaired) electrons. The molecule has 0 amide bonds. The van der Waals surface area contributed by atoms with E-state index in [9.17, 15) is 4.39 Å². The Morgan fingerprint density at radius 1 is 1.33 bits per heavy atom. The second kappa shape index (κ2) is 6.73. The number of methoxy groups -OCH3 is 2. The van der Waals surface area contributed by atoms with Crippen molar-refractivity contribution in [3.8, 4) is 5.75 Å². The second-order valence-corrected chi connectivity index (χ2v) is 5.95. The van der Waals surface area contributed by atoms with E-state index >= 15 is 0 Å². The SMILES string of the molecule is COc1ccc(C(NN)C2(OC)CCC(C)CC2)cc1F. The van der Waals surface area contributed by atoms with Crippen molar-refractivity contribution in [3.05, 3.63) is 29.6 Å². The first-order valence-corrected chi connectivity index (χ1v) is 7.41. The molecule has 0 saturated heterocycles. The Kier molecular flexibility index (Phi) is 5.19. The minimum absolute atomic E-state index is 0.234. The van der Waals surface area contributed by atoms with Crippen molar-refractivity contribution in [2.45, 2.75) is 44.2 Å². The fourth-order valence-electron chi connectivity index (χ4n) is 3.28. The van der Waals surface area contributed by atoms with Crippen LogP contribution in [0, 0.1) is 11.7 Å². The van der Waals surface area contributed by atoms with Crippen LogP contribution in [0.15, 0.2) is 18.2 Å². The van der Waals surface area contributed by atoms with Crippen LogP contribution in [0.25, 0.3) is 0 Å². The molecule has 2 rings (SSSR count). The van der Waals surface area contributed by atoms with Crippen LogP contribution in [-0.4, -0.2) is 19.8 Å². The lowest BCUT2D eigenvalue weighted by Gasteiger charge is -2.44. The lowest BCUT2D eigenvalue weighted by Crippen LogP contribution is -2.50. The number of nitrogens with one attached hydrogen (secondary N) is 1. The highest BCUT2D eigenvalue weighted by atomic mass is 19.1. The van der Waals surface area contributed by atoms with Crippen LogP contribution in [-0.2, 0) is 4.74 Å². The first-order chi connectivity index (χ1) is 10.1. The zero-order valence-corrected chi connectivity index (χ0v) is 13.0. The third-order valence-electron chi connectivity index (χ3n) is 4.73. The molecule has 21 heavy (non-hydrogen) atoms. The zero-order valence-electron chi connectivity index (χ0n) is 13.0. The van der Waals surface area contributed by atoms with Gasteiger partial charge in [0.1, 0.15) is 0 Å². The van der Waals surface area contributed by atoms with Gasteiger partial charge in [-0.15, -0.1) is 0 Å². The van der Waals surface area contributed by atoms with E-state index < -0.39 is 0 Å². The van der Waals surface area contributed by atoms with Crippen molar-refractivity contribution in [1.82, 2.24) is 5.43 Å². The predicted octanol–water partition coefficient (Wildman–Crippen LogP) is 2.93. The van der Waals surface area contributed by atoms with Crippen LogP contribution in [0.5, 0.6) is 5.75 Å². The highest BCUT2D eigenvalue weighted by Gasteiger charge is 2.42. The monoisotopic (exact) mass is 296 g/mol. The second-order valence-electron chi connectivity index (χ2n) is 5.95. The third kappa shape index (κ3) is 3.20.